The molecule has 3 N–H and O–H groups in total. The van der Waals surface area contributed by atoms with E-state index in [4.69, 9.17) is 32.7 Å². The quantitative estimate of drug-likeness (QED) is 0.0481. The number of rotatable bonds is 17. The summed E-state index contributed by atoms with van der Waals surface area (Å²) >= 11 is 5.61. The maximum absolute atomic E-state index is 15.6. The van der Waals surface area contributed by atoms with Crippen molar-refractivity contribution in [2.75, 3.05) is 42.7 Å². The molecule has 2 saturated heterocycles. The summed E-state index contributed by atoms with van der Waals surface area (Å²) in [6, 6.07) is 22.6. The van der Waals surface area contributed by atoms with Crippen molar-refractivity contribution in [2.45, 2.75) is 78.6 Å². The van der Waals surface area contributed by atoms with E-state index in [1.165, 1.54) is 27.2 Å². The van der Waals surface area contributed by atoms with E-state index in [-0.39, 0.29) is 56.0 Å². The zero-order valence-corrected chi connectivity index (χ0v) is 39.4. The third-order valence-corrected chi connectivity index (χ3v) is 12.2. The summed E-state index contributed by atoms with van der Waals surface area (Å²) in [7, 11) is 0. The van der Waals surface area contributed by atoms with Gasteiger partial charge in [0.15, 0.2) is 23.0 Å². The van der Waals surface area contributed by atoms with E-state index < -0.39 is 47.1 Å². The first-order valence-corrected chi connectivity index (χ1v) is 22.7. The molecule has 2 fully saturated rings. The highest BCUT2D eigenvalue weighted by Gasteiger charge is 2.44. The molecule has 2 aliphatic rings. The average Bonchev–Trinajstić information content (AvgIpc) is 4.01. The van der Waals surface area contributed by atoms with Crippen LogP contribution in [0, 0.1) is 31.7 Å². The Morgan fingerprint density at radius 1 is 0.985 bits per heavy atom. The normalized spacial score (nSPS) is 16.5. The highest BCUT2D eigenvalue weighted by Crippen LogP contribution is 2.34. The standard InChI is InChI=1S/C51H54FN7O8S/c1-31-23-37(16-19-41(31)53-6)59-45(62)28-58(50(59)68)42-20-15-36(24-40(42)52)34-13-17-39(18-14-34)66-22-8-7-21-65-29-44(61)56-47(51(3,4)5)49(64)57-27-38(60)25-43(57)48(63)54-26-33-9-11-35(12-10-33)46-32(2)55-30-67-46/h9-20,23-24,30,38,43,47,60H,7-8,21-22,25-29H2,1-5H3,(H,54,63)(H,56,61)/t38-,43+,47-/m1/s1. The second-order valence-corrected chi connectivity index (χ2v) is 18.3. The topological polar surface area (TPSA) is 171 Å². The fraction of sp³-hybridized carbons (Fsp3) is 0.353. The Morgan fingerprint density at radius 3 is 2.35 bits per heavy atom. The number of unbranched alkanes of at least 4 members (excludes halogenated alkanes) is 1. The molecule has 0 aliphatic carbocycles. The maximum Gasteiger partial charge on any atom is 0.253 e. The van der Waals surface area contributed by atoms with Crippen LogP contribution in [0.3, 0.4) is 0 Å². The number of β-amino-alcohol motifs (C(OH)–C–C–N with tert-alkyl or cyclic N) is 1. The molecular formula is C51H54FN7O8S. The highest BCUT2D eigenvalue weighted by molar-refractivity contribution is 7.81. The molecule has 0 unspecified atom stereocenters. The zero-order chi connectivity index (χ0) is 48.7. The van der Waals surface area contributed by atoms with Gasteiger partial charge in [-0.1, -0.05) is 69.3 Å². The van der Waals surface area contributed by atoms with E-state index in [2.05, 4.69) is 20.5 Å². The van der Waals surface area contributed by atoms with Gasteiger partial charge in [0, 0.05) is 37.4 Å². The highest BCUT2D eigenvalue weighted by atomic mass is 32.1. The molecule has 5 aromatic rings. The number of ether oxygens (including phenoxy) is 2. The number of aromatic nitrogens is 1. The molecule has 68 heavy (non-hydrogen) atoms. The van der Waals surface area contributed by atoms with Crippen LogP contribution < -0.4 is 25.2 Å². The summed E-state index contributed by atoms with van der Waals surface area (Å²) in [5.74, 6) is -0.877. The van der Waals surface area contributed by atoms with Crippen molar-refractivity contribution in [1.29, 1.82) is 0 Å². The summed E-state index contributed by atoms with van der Waals surface area (Å²) < 4.78 is 32.6. The molecule has 15 nitrogen and oxygen atoms in total. The number of hydrogen-bond donors (Lipinski definition) is 3. The van der Waals surface area contributed by atoms with Gasteiger partial charge in [0.1, 0.15) is 36.8 Å². The van der Waals surface area contributed by atoms with Crippen molar-refractivity contribution in [3.8, 4) is 28.2 Å². The minimum absolute atomic E-state index is 0.0371. The molecule has 2 aliphatic heterocycles. The Morgan fingerprint density at radius 2 is 1.69 bits per heavy atom. The molecule has 17 heteroatoms. The van der Waals surface area contributed by atoms with Gasteiger partial charge in [-0.3, -0.25) is 24.1 Å². The third-order valence-electron chi connectivity index (χ3n) is 11.8. The average molecular weight is 944 g/mol. The largest absolute Gasteiger partial charge is 0.494 e. The van der Waals surface area contributed by atoms with Crippen molar-refractivity contribution in [3.63, 3.8) is 0 Å². The fourth-order valence-corrected chi connectivity index (χ4v) is 8.51. The summed E-state index contributed by atoms with van der Waals surface area (Å²) in [6.45, 7) is 16.8. The monoisotopic (exact) mass is 943 g/mol. The van der Waals surface area contributed by atoms with Crippen LogP contribution in [0.15, 0.2) is 95.7 Å². The van der Waals surface area contributed by atoms with Gasteiger partial charge in [-0.05, 0) is 103 Å². The van der Waals surface area contributed by atoms with Crippen LogP contribution in [0.1, 0.15) is 56.9 Å². The maximum atomic E-state index is 15.6. The van der Waals surface area contributed by atoms with Crippen LogP contribution in [0.2, 0.25) is 0 Å². The van der Waals surface area contributed by atoms with E-state index in [9.17, 15) is 24.3 Å². The number of hydrogen-bond acceptors (Lipinski definition) is 10. The molecule has 0 saturated carbocycles. The van der Waals surface area contributed by atoms with Gasteiger partial charge in [-0.15, -0.1) is 0 Å². The predicted molar refractivity (Wildman–Crippen MR) is 258 cm³/mol. The van der Waals surface area contributed by atoms with Crippen LogP contribution in [0.4, 0.5) is 21.5 Å². The van der Waals surface area contributed by atoms with E-state index in [1.807, 2.05) is 64.1 Å². The summed E-state index contributed by atoms with van der Waals surface area (Å²) in [6.07, 6.45) is 1.81. The van der Waals surface area contributed by atoms with Crippen LogP contribution in [0.5, 0.6) is 5.75 Å². The number of aryl methyl sites for hydroxylation is 2. The van der Waals surface area contributed by atoms with Crippen LogP contribution >= 0.6 is 12.2 Å². The molecule has 1 aromatic heterocycles. The second-order valence-electron chi connectivity index (χ2n) is 17.9. The smallest absolute Gasteiger partial charge is 0.253 e. The summed E-state index contributed by atoms with van der Waals surface area (Å²) in [4.78, 5) is 65.2. The molecule has 3 heterocycles. The van der Waals surface area contributed by atoms with Crippen molar-refractivity contribution in [1.82, 2.24) is 20.5 Å². The first-order valence-electron chi connectivity index (χ1n) is 22.3. The first kappa shape index (κ1) is 48.9. The number of amides is 4. The Labute approximate surface area is 400 Å². The van der Waals surface area contributed by atoms with Crippen LogP contribution in [-0.4, -0.2) is 94.8 Å². The van der Waals surface area contributed by atoms with Crippen LogP contribution in [-0.2, 0) is 30.5 Å². The van der Waals surface area contributed by atoms with E-state index in [1.54, 1.807) is 49.4 Å². The number of halogens is 1. The van der Waals surface area contributed by atoms with Gasteiger partial charge in [0.05, 0.1) is 30.7 Å². The third kappa shape index (κ3) is 11.4. The zero-order valence-electron chi connectivity index (χ0n) is 38.6. The number of nitrogens with zero attached hydrogens (tertiary/aromatic N) is 5. The van der Waals surface area contributed by atoms with Gasteiger partial charge in [-0.25, -0.2) is 14.2 Å². The molecular weight excluding hydrogens is 890 g/mol. The number of benzene rings is 4. The number of oxazole rings is 1. The Kier molecular flexibility index (Phi) is 15.3. The number of nitrogens with one attached hydrogen (secondary N) is 2. The lowest BCUT2D eigenvalue weighted by Gasteiger charge is -2.35. The van der Waals surface area contributed by atoms with Gasteiger partial charge in [0.2, 0.25) is 17.7 Å². The Hall–Kier alpha value is -7.00. The SMILES string of the molecule is [C-]#[N+]c1ccc(N2C(=O)CN(c3ccc(-c4ccc(OCCCCOCC(=O)N[C@H](C(=O)N5C[C@H](O)C[C@H]5C(=O)NCc5ccc(-c6ocnc6C)cc5)C(C)(C)C)cc4)cc3F)C2=S)cc1C. The number of carbonyl (C=O) groups excluding carboxylic acids is 4. The molecule has 0 radical (unpaired) electrons. The number of aliphatic hydroxyl groups is 1. The lowest BCUT2D eigenvalue weighted by atomic mass is 9.85. The molecule has 4 amide bonds. The predicted octanol–water partition coefficient (Wildman–Crippen LogP) is 7.44. The lowest BCUT2D eigenvalue weighted by Crippen LogP contribution is -2.58. The Bertz CT molecular complexity index is 2710. The van der Waals surface area contributed by atoms with Crippen molar-refractivity contribution in [2.24, 2.45) is 5.41 Å². The number of anilines is 2. The van der Waals surface area contributed by atoms with Crippen molar-refractivity contribution in [3.05, 3.63) is 125 Å². The van der Waals surface area contributed by atoms with E-state index in [0.717, 1.165) is 22.4 Å². The van der Waals surface area contributed by atoms with Gasteiger partial charge < -0.3 is 39.4 Å². The van der Waals surface area contributed by atoms with Gasteiger partial charge in [-0.2, -0.15) is 0 Å². The van der Waals surface area contributed by atoms with Crippen molar-refractivity contribution < 1.29 is 42.6 Å². The minimum Gasteiger partial charge on any atom is -0.494 e. The van der Waals surface area contributed by atoms with E-state index in [0.29, 0.717) is 53.5 Å². The minimum atomic E-state index is -0.983. The summed E-state index contributed by atoms with van der Waals surface area (Å²) in [5, 5.41) is 16.4. The molecule has 4 aromatic carbocycles. The fourth-order valence-electron chi connectivity index (χ4n) is 8.14. The molecule has 0 bridgehead atoms. The molecule has 3 atom stereocenters. The first-order chi connectivity index (χ1) is 32.5. The van der Waals surface area contributed by atoms with Gasteiger partial charge >= 0.3 is 0 Å². The van der Waals surface area contributed by atoms with Gasteiger partial charge in [0.25, 0.3) is 5.91 Å². The lowest BCUT2D eigenvalue weighted by molar-refractivity contribution is -0.144. The number of aliphatic hydroxyl groups excluding tert-OH is 1. The summed E-state index contributed by atoms with van der Waals surface area (Å²) in [5.41, 5.74) is 5.04. The Balaban J connectivity index is 0.827. The molecule has 0 spiro atoms. The molecule has 354 valence electrons. The second kappa shape index (κ2) is 21.3. The number of thiocarbonyl (C=S) groups is 1. The molecule has 7 rings (SSSR count). The van der Waals surface area contributed by atoms with E-state index >= 15 is 4.39 Å². The van der Waals surface area contributed by atoms with Crippen LogP contribution in [0.25, 0.3) is 27.3 Å². The number of carbonyl (C=O) groups is 4. The van der Waals surface area contributed by atoms with Crippen molar-refractivity contribution >= 4 is 58.0 Å². The number of likely N-dealkylation sites (tertiary alicyclic amines) is 1.